The van der Waals surface area contributed by atoms with Crippen molar-refractivity contribution in [2.45, 2.75) is 64.2 Å². The Morgan fingerprint density at radius 3 is 2.19 bits per heavy atom. The van der Waals surface area contributed by atoms with Crippen molar-refractivity contribution in [1.82, 2.24) is 9.97 Å². The van der Waals surface area contributed by atoms with E-state index in [0.29, 0.717) is 0 Å². The van der Waals surface area contributed by atoms with E-state index in [2.05, 4.69) is 61.1 Å². The summed E-state index contributed by atoms with van der Waals surface area (Å²) in [7, 11) is 0. The topological polar surface area (TPSA) is 25.8 Å². The molecule has 2 heteroatoms. The number of hydrogen-bond donors (Lipinski definition) is 0. The minimum atomic E-state index is 0.0523. The Morgan fingerprint density at radius 2 is 1.54 bits per heavy atom. The predicted octanol–water partition coefficient (Wildman–Crippen LogP) is 5.98. The Morgan fingerprint density at radius 1 is 0.846 bits per heavy atom. The first kappa shape index (κ1) is 16.5. The molecule has 0 N–H and O–H groups in total. The van der Waals surface area contributed by atoms with Crippen LogP contribution in [0.25, 0.3) is 11.3 Å². The van der Waals surface area contributed by atoms with Crippen LogP contribution in [0.4, 0.5) is 0 Å². The molecule has 0 atom stereocenters. The van der Waals surface area contributed by atoms with Crippen molar-refractivity contribution in [3.05, 3.63) is 47.9 Å². The molecule has 6 rings (SSSR count). The predicted molar refractivity (Wildman–Crippen MR) is 106 cm³/mol. The van der Waals surface area contributed by atoms with E-state index >= 15 is 0 Å². The first-order chi connectivity index (χ1) is 12.5. The molecule has 1 aromatic heterocycles. The van der Waals surface area contributed by atoms with E-state index in [1.165, 1.54) is 37.7 Å². The lowest BCUT2D eigenvalue weighted by atomic mass is 9.51. The molecule has 4 bridgehead atoms. The Hall–Kier alpha value is -1.70. The van der Waals surface area contributed by atoms with Gasteiger partial charge in [-0.05, 0) is 79.4 Å². The fraction of sp³-hybridized carbons (Fsp3) is 0.583. The van der Waals surface area contributed by atoms with E-state index in [9.17, 15) is 0 Å². The van der Waals surface area contributed by atoms with Gasteiger partial charge in [0.2, 0.25) is 0 Å². The maximum absolute atomic E-state index is 4.59. The van der Waals surface area contributed by atoms with Crippen LogP contribution in [0, 0.1) is 23.7 Å². The van der Waals surface area contributed by atoms with Crippen molar-refractivity contribution in [2.24, 2.45) is 23.7 Å². The molecule has 1 aromatic carbocycles. The van der Waals surface area contributed by atoms with Crippen LogP contribution in [0.1, 0.15) is 70.1 Å². The fourth-order valence-corrected chi connectivity index (χ4v) is 6.30. The van der Waals surface area contributed by atoms with Crippen LogP contribution in [-0.2, 0) is 5.41 Å². The molecule has 0 spiro atoms. The number of nitrogens with zero attached hydrogens (tertiary/aromatic N) is 2. The molecule has 2 aromatic rings. The molecule has 0 amide bonds. The molecule has 4 saturated carbocycles. The van der Waals surface area contributed by atoms with Crippen molar-refractivity contribution in [3.8, 4) is 11.3 Å². The quantitative estimate of drug-likeness (QED) is 0.668. The Kier molecular flexibility index (Phi) is 3.74. The van der Waals surface area contributed by atoms with Gasteiger partial charge in [0.05, 0.1) is 5.69 Å². The van der Waals surface area contributed by atoms with E-state index in [1.54, 1.807) is 11.9 Å². The summed E-state index contributed by atoms with van der Waals surface area (Å²) in [4.78, 5) is 9.09. The highest BCUT2D eigenvalue weighted by molar-refractivity contribution is 5.60. The fourth-order valence-electron chi connectivity index (χ4n) is 6.30. The Balaban J connectivity index is 1.49. The summed E-state index contributed by atoms with van der Waals surface area (Å²) in [6.07, 6.45) is 9.15. The van der Waals surface area contributed by atoms with E-state index in [4.69, 9.17) is 0 Å². The highest BCUT2D eigenvalue weighted by Gasteiger charge is 2.48. The monoisotopic (exact) mass is 346 g/mol. The van der Waals surface area contributed by atoms with Gasteiger partial charge >= 0.3 is 0 Å². The molecule has 0 aliphatic heterocycles. The van der Waals surface area contributed by atoms with Crippen LogP contribution >= 0.6 is 0 Å². The highest BCUT2D eigenvalue weighted by atomic mass is 14.8. The van der Waals surface area contributed by atoms with Crippen molar-refractivity contribution in [3.63, 3.8) is 0 Å². The molecule has 26 heavy (non-hydrogen) atoms. The van der Waals surface area contributed by atoms with Crippen molar-refractivity contribution >= 4 is 0 Å². The zero-order valence-electron chi connectivity index (χ0n) is 16.3. The number of rotatable bonds is 2. The molecule has 0 unspecified atom stereocenters. The summed E-state index contributed by atoms with van der Waals surface area (Å²) in [6.45, 7) is 6.64. The smallest absolute Gasteiger partial charge is 0.116 e. The summed E-state index contributed by atoms with van der Waals surface area (Å²) in [5, 5.41) is 0. The van der Waals surface area contributed by atoms with Crippen LogP contribution in [0.5, 0.6) is 0 Å². The van der Waals surface area contributed by atoms with Gasteiger partial charge < -0.3 is 0 Å². The van der Waals surface area contributed by atoms with Gasteiger partial charge in [0.15, 0.2) is 0 Å². The standard InChI is InChI=1S/C24H30N2/c1-24(2,3)22-13-21(25-14-26-22)17-5-4-6-18(12-17)23-19-8-15-7-16(10-19)11-20(23)9-15/h4-6,12-16,19-20,23H,7-11H2,1-3H3. The number of aromatic nitrogens is 2. The minimum absolute atomic E-state index is 0.0523. The zero-order valence-corrected chi connectivity index (χ0v) is 16.3. The summed E-state index contributed by atoms with van der Waals surface area (Å²) in [5.74, 6) is 4.71. The maximum Gasteiger partial charge on any atom is 0.116 e. The maximum atomic E-state index is 4.59. The average molecular weight is 347 g/mol. The average Bonchev–Trinajstić information content (AvgIpc) is 2.60. The molecule has 2 nitrogen and oxygen atoms in total. The SMILES string of the molecule is CC(C)(C)c1cc(-c2cccc(C3C4CC5CC(C4)CC3C5)c2)ncn1. The van der Waals surface area contributed by atoms with Gasteiger partial charge in [0.25, 0.3) is 0 Å². The minimum Gasteiger partial charge on any atom is -0.241 e. The second-order valence-corrected chi connectivity index (χ2v) is 10.1. The molecule has 0 saturated heterocycles. The Labute approximate surface area is 157 Å². The van der Waals surface area contributed by atoms with Gasteiger partial charge in [0, 0.05) is 16.7 Å². The van der Waals surface area contributed by atoms with E-state index in [1.807, 2.05) is 0 Å². The summed E-state index contributed by atoms with van der Waals surface area (Å²) < 4.78 is 0. The lowest BCUT2D eigenvalue weighted by molar-refractivity contribution is -0.00276. The molecular formula is C24H30N2. The van der Waals surface area contributed by atoms with E-state index in [0.717, 1.165) is 41.0 Å². The van der Waals surface area contributed by atoms with Gasteiger partial charge in [-0.25, -0.2) is 9.97 Å². The third-order valence-corrected chi connectivity index (χ3v) is 7.23. The largest absolute Gasteiger partial charge is 0.241 e. The number of benzene rings is 1. The van der Waals surface area contributed by atoms with Gasteiger partial charge in [-0.3, -0.25) is 0 Å². The van der Waals surface area contributed by atoms with Crippen LogP contribution in [0.15, 0.2) is 36.7 Å². The van der Waals surface area contributed by atoms with Crippen molar-refractivity contribution in [2.75, 3.05) is 0 Å². The molecular weight excluding hydrogens is 316 g/mol. The van der Waals surface area contributed by atoms with Gasteiger partial charge in [0.1, 0.15) is 6.33 Å². The van der Waals surface area contributed by atoms with E-state index < -0.39 is 0 Å². The van der Waals surface area contributed by atoms with Crippen molar-refractivity contribution in [1.29, 1.82) is 0 Å². The van der Waals surface area contributed by atoms with Crippen LogP contribution in [0.2, 0.25) is 0 Å². The lowest BCUT2D eigenvalue weighted by Crippen LogP contribution is -2.43. The van der Waals surface area contributed by atoms with Gasteiger partial charge in [-0.1, -0.05) is 39.0 Å². The highest BCUT2D eigenvalue weighted by Crippen LogP contribution is 2.59. The van der Waals surface area contributed by atoms with Crippen LogP contribution in [-0.4, -0.2) is 9.97 Å². The molecule has 0 radical (unpaired) electrons. The first-order valence-electron chi connectivity index (χ1n) is 10.4. The van der Waals surface area contributed by atoms with E-state index in [-0.39, 0.29) is 5.41 Å². The second-order valence-electron chi connectivity index (χ2n) is 10.1. The Bertz CT molecular complexity index is 789. The molecule has 4 aliphatic rings. The normalized spacial score (nSPS) is 32.8. The number of hydrogen-bond acceptors (Lipinski definition) is 2. The summed E-state index contributed by atoms with van der Waals surface area (Å²) in [6, 6.07) is 11.4. The molecule has 4 fully saturated rings. The first-order valence-corrected chi connectivity index (χ1v) is 10.4. The summed E-state index contributed by atoms with van der Waals surface area (Å²) in [5.41, 5.74) is 5.05. The summed E-state index contributed by atoms with van der Waals surface area (Å²) >= 11 is 0. The molecule has 136 valence electrons. The molecule has 4 aliphatic carbocycles. The van der Waals surface area contributed by atoms with Crippen LogP contribution < -0.4 is 0 Å². The van der Waals surface area contributed by atoms with Gasteiger partial charge in [-0.15, -0.1) is 0 Å². The lowest BCUT2D eigenvalue weighted by Gasteiger charge is -2.54. The third-order valence-electron chi connectivity index (χ3n) is 7.23. The van der Waals surface area contributed by atoms with Crippen LogP contribution in [0.3, 0.4) is 0 Å². The van der Waals surface area contributed by atoms with Crippen molar-refractivity contribution < 1.29 is 0 Å². The zero-order chi connectivity index (χ0) is 17.9. The third kappa shape index (κ3) is 2.78. The molecule has 1 heterocycles. The second kappa shape index (κ2) is 5.90. The van der Waals surface area contributed by atoms with Gasteiger partial charge in [-0.2, -0.15) is 0 Å².